The van der Waals surface area contributed by atoms with E-state index in [2.05, 4.69) is 10.2 Å². The summed E-state index contributed by atoms with van der Waals surface area (Å²) >= 11 is 5.79. The van der Waals surface area contributed by atoms with Crippen molar-refractivity contribution in [2.24, 2.45) is 21.7 Å². The highest BCUT2D eigenvalue weighted by atomic mass is 35.5. The van der Waals surface area contributed by atoms with Crippen molar-refractivity contribution >= 4 is 29.5 Å². The van der Waals surface area contributed by atoms with Crippen molar-refractivity contribution < 1.29 is 4.92 Å². The van der Waals surface area contributed by atoms with Crippen LogP contribution in [-0.2, 0) is 0 Å². The largest absolute Gasteiger partial charge is 0.369 e. The Hall–Kier alpha value is -2.15. The van der Waals surface area contributed by atoms with E-state index in [4.69, 9.17) is 23.1 Å². The molecule has 0 aliphatic rings. The van der Waals surface area contributed by atoms with Crippen LogP contribution in [0.1, 0.15) is 5.56 Å². The van der Waals surface area contributed by atoms with E-state index in [1.165, 1.54) is 24.4 Å². The van der Waals surface area contributed by atoms with Crippen LogP contribution in [0.4, 0.5) is 5.69 Å². The van der Waals surface area contributed by atoms with Crippen molar-refractivity contribution in [1.29, 1.82) is 0 Å². The molecule has 0 saturated heterocycles. The molecular formula is C8H8ClN5O2. The lowest BCUT2D eigenvalue weighted by atomic mass is 10.2. The SMILES string of the molecule is NC(N)=N/N=C/c1cc([N+](=O)[O-])ccc1Cl. The third-order valence-corrected chi connectivity index (χ3v) is 1.90. The van der Waals surface area contributed by atoms with Crippen LogP contribution >= 0.6 is 11.6 Å². The quantitative estimate of drug-likeness (QED) is 0.353. The van der Waals surface area contributed by atoms with E-state index >= 15 is 0 Å². The molecule has 0 amide bonds. The van der Waals surface area contributed by atoms with E-state index in [1.807, 2.05) is 0 Å². The van der Waals surface area contributed by atoms with Gasteiger partial charge in [-0.05, 0) is 6.07 Å². The number of nitro groups is 1. The Morgan fingerprint density at radius 1 is 1.50 bits per heavy atom. The molecule has 0 aliphatic heterocycles. The Balaban J connectivity index is 3.03. The molecular weight excluding hydrogens is 234 g/mol. The molecule has 16 heavy (non-hydrogen) atoms. The van der Waals surface area contributed by atoms with E-state index in [0.717, 1.165) is 0 Å². The third-order valence-electron chi connectivity index (χ3n) is 1.56. The van der Waals surface area contributed by atoms with Crippen molar-refractivity contribution in [2.75, 3.05) is 0 Å². The minimum Gasteiger partial charge on any atom is -0.369 e. The van der Waals surface area contributed by atoms with Crippen LogP contribution in [0.25, 0.3) is 0 Å². The molecule has 4 N–H and O–H groups in total. The van der Waals surface area contributed by atoms with Crippen LogP contribution in [-0.4, -0.2) is 17.1 Å². The fourth-order valence-electron chi connectivity index (χ4n) is 0.901. The van der Waals surface area contributed by atoms with Gasteiger partial charge in [0, 0.05) is 22.7 Å². The molecule has 0 saturated carbocycles. The van der Waals surface area contributed by atoms with Gasteiger partial charge in [-0.1, -0.05) is 11.6 Å². The molecule has 8 heteroatoms. The number of rotatable bonds is 3. The normalized spacial score (nSPS) is 10.3. The van der Waals surface area contributed by atoms with Gasteiger partial charge in [0.25, 0.3) is 5.69 Å². The molecule has 0 fully saturated rings. The maximum absolute atomic E-state index is 10.5. The molecule has 0 aromatic heterocycles. The number of halogens is 1. The first-order chi connectivity index (χ1) is 7.50. The second kappa shape index (κ2) is 5.08. The van der Waals surface area contributed by atoms with Gasteiger partial charge >= 0.3 is 0 Å². The zero-order valence-corrected chi connectivity index (χ0v) is 8.76. The molecule has 0 unspecified atom stereocenters. The monoisotopic (exact) mass is 241 g/mol. The van der Waals surface area contributed by atoms with Crippen LogP contribution in [0.2, 0.25) is 5.02 Å². The molecule has 0 heterocycles. The van der Waals surface area contributed by atoms with E-state index in [0.29, 0.717) is 10.6 Å². The summed E-state index contributed by atoms with van der Waals surface area (Å²) in [6.07, 6.45) is 1.23. The number of non-ortho nitro benzene ring substituents is 1. The second-order valence-corrected chi connectivity index (χ2v) is 3.14. The number of guanidine groups is 1. The first-order valence-electron chi connectivity index (χ1n) is 4.06. The van der Waals surface area contributed by atoms with Crippen molar-refractivity contribution in [3.05, 3.63) is 38.9 Å². The molecule has 0 aliphatic carbocycles. The van der Waals surface area contributed by atoms with Crippen molar-refractivity contribution in [3.63, 3.8) is 0 Å². The summed E-state index contributed by atoms with van der Waals surface area (Å²) in [5, 5.41) is 17.7. The second-order valence-electron chi connectivity index (χ2n) is 2.73. The smallest absolute Gasteiger partial charge is 0.270 e. The first kappa shape index (κ1) is 11.9. The molecule has 0 atom stereocenters. The number of benzene rings is 1. The fourth-order valence-corrected chi connectivity index (χ4v) is 1.07. The van der Waals surface area contributed by atoms with Gasteiger partial charge in [-0.2, -0.15) is 5.10 Å². The Labute approximate surface area is 95.6 Å². The van der Waals surface area contributed by atoms with Gasteiger partial charge in [0.05, 0.1) is 11.1 Å². The summed E-state index contributed by atoms with van der Waals surface area (Å²) < 4.78 is 0. The number of hydrogen-bond acceptors (Lipinski definition) is 4. The van der Waals surface area contributed by atoms with E-state index in [9.17, 15) is 10.1 Å². The van der Waals surface area contributed by atoms with Gasteiger partial charge in [0.1, 0.15) is 0 Å². The number of nitrogens with two attached hydrogens (primary N) is 2. The van der Waals surface area contributed by atoms with E-state index < -0.39 is 4.92 Å². The molecule has 0 spiro atoms. The number of nitro benzene ring substituents is 1. The average Bonchev–Trinajstić information content (AvgIpc) is 2.20. The molecule has 0 bridgehead atoms. The summed E-state index contributed by atoms with van der Waals surface area (Å²) in [4.78, 5) is 9.96. The van der Waals surface area contributed by atoms with Crippen molar-refractivity contribution in [3.8, 4) is 0 Å². The van der Waals surface area contributed by atoms with Gasteiger partial charge in [-0.15, -0.1) is 5.10 Å². The van der Waals surface area contributed by atoms with E-state index in [1.54, 1.807) is 0 Å². The predicted octanol–water partition coefficient (Wildman–Crippen LogP) is 0.856. The van der Waals surface area contributed by atoms with Gasteiger partial charge in [0.15, 0.2) is 0 Å². The molecule has 1 aromatic rings. The molecule has 84 valence electrons. The van der Waals surface area contributed by atoms with Gasteiger partial charge in [0.2, 0.25) is 5.96 Å². The molecule has 0 radical (unpaired) electrons. The lowest BCUT2D eigenvalue weighted by molar-refractivity contribution is -0.384. The van der Waals surface area contributed by atoms with Crippen molar-refractivity contribution in [2.45, 2.75) is 0 Å². The van der Waals surface area contributed by atoms with Crippen LogP contribution in [0.3, 0.4) is 0 Å². The number of nitrogens with zero attached hydrogens (tertiary/aromatic N) is 3. The topological polar surface area (TPSA) is 120 Å². The summed E-state index contributed by atoms with van der Waals surface area (Å²) in [5.41, 5.74) is 10.4. The van der Waals surface area contributed by atoms with Gasteiger partial charge in [-0.25, -0.2) is 0 Å². The lowest BCUT2D eigenvalue weighted by Gasteiger charge is -1.96. The standard InChI is InChI=1S/C8H8ClN5O2/c9-7-2-1-6(14(15)16)3-5(7)4-12-13-8(10)11/h1-4H,(H4,10,11,13)/b12-4+. The predicted molar refractivity (Wildman–Crippen MR) is 61.5 cm³/mol. The van der Waals surface area contributed by atoms with Gasteiger partial charge < -0.3 is 11.5 Å². The minimum absolute atomic E-state index is 0.0875. The van der Waals surface area contributed by atoms with Crippen LogP contribution in [0, 0.1) is 10.1 Å². The maximum atomic E-state index is 10.5. The molecule has 1 aromatic carbocycles. The highest BCUT2D eigenvalue weighted by Gasteiger charge is 2.07. The third kappa shape index (κ3) is 3.21. The first-order valence-corrected chi connectivity index (χ1v) is 4.44. The Morgan fingerprint density at radius 2 is 2.19 bits per heavy atom. The van der Waals surface area contributed by atoms with E-state index in [-0.39, 0.29) is 11.6 Å². The fraction of sp³-hybridized carbons (Fsp3) is 0. The summed E-state index contributed by atoms with van der Waals surface area (Å²) in [6, 6.07) is 3.96. The zero-order valence-electron chi connectivity index (χ0n) is 8.00. The Morgan fingerprint density at radius 3 is 2.75 bits per heavy atom. The van der Waals surface area contributed by atoms with Gasteiger partial charge in [-0.3, -0.25) is 10.1 Å². The lowest BCUT2D eigenvalue weighted by Crippen LogP contribution is -2.21. The van der Waals surface area contributed by atoms with Crippen LogP contribution in [0.15, 0.2) is 28.4 Å². The average molecular weight is 242 g/mol. The van der Waals surface area contributed by atoms with Crippen LogP contribution in [0.5, 0.6) is 0 Å². The Bertz CT molecular complexity index is 467. The summed E-state index contributed by atoms with van der Waals surface area (Å²) in [5.74, 6) is -0.210. The summed E-state index contributed by atoms with van der Waals surface area (Å²) in [7, 11) is 0. The van der Waals surface area contributed by atoms with Crippen molar-refractivity contribution in [1.82, 2.24) is 0 Å². The maximum Gasteiger partial charge on any atom is 0.270 e. The van der Waals surface area contributed by atoms with Crippen LogP contribution < -0.4 is 11.5 Å². The molecule has 1 rings (SSSR count). The summed E-state index contributed by atoms with van der Waals surface area (Å²) in [6.45, 7) is 0. The minimum atomic E-state index is -0.534. The zero-order chi connectivity index (χ0) is 12.1. The Kier molecular flexibility index (Phi) is 3.78. The number of hydrogen-bond donors (Lipinski definition) is 2. The highest BCUT2D eigenvalue weighted by molar-refractivity contribution is 6.33. The molecule has 7 nitrogen and oxygen atoms in total. The highest BCUT2D eigenvalue weighted by Crippen LogP contribution is 2.20.